The van der Waals surface area contributed by atoms with Crippen LogP contribution < -0.4 is 0 Å². The largest absolute Gasteiger partial charge is 0.485 e. The van der Waals surface area contributed by atoms with Gasteiger partial charge in [0, 0.05) is 27.3 Å². The van der Waals surface area contributed by atoms with Crippen molar-refractivity contribution in [3.8, 4) is 11.3 Å². The van der Waals surface area contributed by atoms with Gasteiger partial charge in [0.2, 0.25) is 0 Å². The number of thiophene rings is 1. The molecule has 0 saturated carbocycles. The summed E-state index contributed by atoms with van der Waals surface area (Å²) >= 11 is 1.78. The van der Waals surface area contributed by atoms with E-state index in [2.05, 4.69) is 107 Å². The zero-order valence-corrected chi connectivity index (χ0v) is 21.2. The van der Waals surface area contributed by atoms with Crippen molar-refractivity contribution in [3.05, 3.63) is 94.4 Å². The third kappa shape index (κ3) is 3.42. The lowest BCUT2D eigenvalue weighted by Gasteiger charge is -2.23. The van der Waals surface area contributed by atoms with Crippen molar-refractivity contribution < 1.29 is 4.74 Å². The summed E-state index contributed by atoms with van der Waals surface area (Å²) in [6.45, 7) is 11.2. The molecule has 2 aliphatic rings. The standard InChI is InChI=1S/C31H29NOS/c1-18-19(2)34-30-29(18)24(28-16-21-11-7-9-13-27(21)33-28)17-26(32-30)22-14-20-10-6-8-12-23(20)25(15-22)31(3,4)5/h6-17,21,27H,1-5H3. The molecule has 34 heavy (non-hydrogen) atoms. The number of hydrogen-bond acceptors (Lipinski definition) is 3. The SMILES string of the molecule is Cc1sc2nc(-c3cc(C(C)(C)C)c4ccccc4c3)cc(C3=CC4C=CC=CC4O3)c2c1C. The summed E-state index contributed by atoms with van der Waals surface area (Å²) in [5, 5.41) is 3.79. The first kappa shape index (κ1) is 21.4. The highest BCUT2D eigenvalue weighted by Crippen LogP contribution is 2.42. The minimum Gasteiger partial charge on any atom is -0.485 e. The van der Waals surface area contributed by atoms with Crippen molar-refractivity contribution in [1.29, 1.82) is 0 Å². The van der Waals surface area contributed by atoms with Crippen LogP contribution in [0.15, 0.2) is 72.8 Å². The first-order valence-electron chi connectivity index (χ1n) is 12.0. The van der Waals surface area contributed by atoms with Crippen LogP contribution in [0, 0.1) is 19.8 Å². The second-order valence-corrected chi connectivity index (χ2v) is 11.7. The highest BCUT2D eigenvalue weighted by atomic mass is 32.1. The van der Waals surface area contributed by atoms with Gasteiger partial charge in [-0.25, -0.2) is 4.98 Å². The molecule has 0 radical (unpaired) electrons. The zero-order valence-electron chi connectivity index (χ0n) is 20.3. The van der Waals surface area contributed by atoms with E-state index in [0.29, 0.717) is 5.92 Å². The van der Waals surface area contributed by atoms with Gasteiger partial charge in [0.05, 0.1) is 5.69 Å². The predicted octanol–water partition coefficient (Wildman–Crippen LogP) is 8.51. The van der Waals surface area contributed by atoms with Gasteiger partial charge in [-0.1, -0.05) is 63.3 Å². The topological polar surface area (TPSA) is 22.1 Å². The van der Waals surface area contributed by atoms with Gasteiger partial charge in [0.15, 0.2) is 0 Å². The van der Waals surface area contributed by atoms with Crippen molar-refractivity contribution in [2.75, 3.05) is 0 Å². The average Bonchev–Trinajstić information content (AvgIpc) is 3.38. The van der Waals surface area contributed by atoms with Crippen LogP contribution in [0.3, 0.4) is 0 Å². The van der Waals surface area contributed by atoms with E-state index in [1.807, 2.05) is 0 Å². The normalized spacial score (nSPS) is 19.5. The first-order valence-corrected chi connectivity index (χ1v) is 12.8. The number of pyridine rings is 1. The highest BCUT2D eigenvalue weighted by Gasteiger charge is 2.29. The fraction of sp³-hybridized carbons (Fsp3) is 0.258. The minimum absolute atomic E-state index is 0.0319. The molecular weight excluding hydrogens is 434 g/mol. The van der Waals surface area contributed by atoms with E-state index in [4.69, 9.17) is 9.72 Å². The van der Waals surface area contributed by atoms with E-state index in [0.717, 1.165) is 27.4 Å². The summed E-state index contributed by atoms with van der Waals surface area (Å²) < 4.78 is 6.46. The molecule has 2 unspecified atom stereocenters. The van der Waals surface area contributed by atoms with Crippen molar-refractivity contribution in [3.63, 3.8) is 0 Å². The second-order valence-electron chi connectivity index (χ2n) is 10.5. The summed E-state index contributed by atoms with van der Waals surface area (Å²) in [5.41, 5.74) is 6.00. The Balaban J connectivity index is 1.59. The van der Waals surface area contributed by atoms with Crippen LogP contribution >= 0.6 is 11.3 Å². The summed E-state index contributed by atoms with van der Waals surface area (Å²) in [6, 6.07) is 15.5. The molecule has 4 aromatic rings. The fourth-order valence-electron chi connectivity index (χ4n) is 5.16. The number of aromatic nitrogens is 1. The second kappa shape index (κ2) is 7.68. The molecule has 2 aromatic heterocycles. The Morgan fingerprint density at radius 3 is 2.56 bits per heavy atom. The highest BCUT2D eigenvalue weighted by molar-refractivity contribution is 7.18. The first-order chi connectivity index (χ1) is 16.3. The monoisotopic (exact) mass is 463 g/mol. The predicted molar refractivity (Wildman–Crippen MR) is 145 cm³/mol. The molecule has 2 nitrogen and oxygen atoms in total. The molecule has 0 saturated heterocycles. The molecular formula is C31H29NOS. The average molecular weight is 464 g/mol. The Labute approximate surface area is 205 Å². The molecule has 3 heteroatoms. The molecule has 2 atom stereocenters. The molecule has 1 aliphatic carbocycles. The van der Waals surface area contributed by atoms with Gasteiger partial charge >= 0.3 is 0 Å². The lowest BCUT2D eigenvalue weighted by molar-refractivity contribution is 0.213. The molecule has 0 amide bonds. The summed E-state index contributed by atoms with van der Waals surface area (Å²) in [7, 11) is 0. The van der Waals surface area contributed by atoms with E-state index in [9.17, 15) is 0 Å². The van der Waals surface area contributed by atoms with E-state index in [-0.39, 0.29) is 11.5 Å². The number of benzene rings is 2. The smallest absolute Gasteiger partial charge is 0.127 e. The Bertz CT molecular complexity index is 1540. The molecule has 0 bridgehead atoms. The zero-order chi connectivity index (χ0) is 23.6. The van der Waals surface area contributed by atoms with Crippen LogP contribution in [0.25, 0.3) is 38.0 Å². The van der Waals surface area contributed by atoms with E-state index >= 15 is 0 Å². The number of allylic oxidation sites excluding steroid dienone is 2. The maximum absolute atomic E-state index is 6.46. The summed E-state index contributed by atoms with van der Waals surface area (Å²) in [4.78, 5) is 7.58. The minimum atomic E-state index is 0.0319. The molecule has 170 valence electrons. The molecule has 2 aromatic carbocycles. The third-order valence-corrected chi connectivity index (χ3v) is 8.20. The number of fused-ring (bicyclic) bond motifs is 3. The molecule has 6 rings (SSSR count). The maximum atomic E-state index is 6.46. The number of rotatable bonds is 2. The maximum Gasteiger partial charge on any atom is 0.127 e. The van der Waals surface area contributed by atoms with Crippen LogP contribution in [0.2, 0.25) is 0 Å². The van der Waals surface area contributed by atoms with Crippen LogP contribution in [0.4, 0.5) is 0 Å². The lowest BCUT2D eigenvalue weighted by atomic mass is 9.82. The van der Waals surface area contributed by atoms with Crippen LogP contribution in [0.5, 0.6) is 0 Å². The summed E-state index contributed by atoms with van der Waals surface area (Å²) in [6.07, 6.45) is 10.9. The van der Waals surface area contributed by atoms with Crippen LogP contribution in [-0.2, 0) is 10.2 Å². The van der Waals surface area contributed by atoms with E-state index < -0.39 is 0 Å². The number of ether oxygens (including phenoxy) is 1. The van der Waals surface area contributed by atoms with Crippen LogP contribution in [0.1, 0.15) is 42.3 Å². The molecule has 0 spiro atoms. The quantitative estimate of drug-likeness (QED) is 0.297. The van der Waals surface area contributed by atoms with Gasteiger partial charge in [-0.3, -0.25) is 0 Å². The Morgan fingerprint density at radius 1 is 0.971 bits per heavy atom. The van der Waals surface area contributed by atoms with Gasteiger partial charge in [-0.2, -0.15) is 0 Å². The van der Waals surface area contributed by atoms with Gasteiger partial charge in [0.1, 0.15) is 16.7 Å². The molecule has 1 aliphatic heterocycles. The Morgan fingerprint density at radius 2 is 1.76 bits per heavy atom. The van der Waals surface area contributed by atoms with Crippen molar-refractivity contribution in [2.24, 2.45) is 5.92 Å². The van der Waals surface area contributed by atoms with Gasteiger partial charge in [-0.15, -0.1) is 11.3 Å². The fourth-order valence-corrected chi connectivity index (χ4v) is 6.22. The third-order valence-electron chi connectivity index (χ3n) is 7.10. The van der Waals surface area contributed by atoms with E-state index in [1.54, 1.807) is 11.3 Å². The number of hydrogen-bond donors (Lipinski definition) is 0. The molecule has 3 heterocycles. The van der Waals surface area contributed by atoms with Gasteiger partial charge in [0.25, 0.3) is 0 Å². The van der Waals surface area contributed by atoms with Crippen molar-refractivity contribution in [2.45, 2.75) is 46.1 Å². The molecule has 0 fully saturated rings. The van der Waals surface area contributed by atoms with Crippen LogP contribution in [-0.4, -0.2) is 11.1 Å². The lowest BCUT2D eigenvalue weighted by Crippen LogP contribution is -2.13. The molecule has 0 N–H and O–H groups in total. The summed E-state index contributed by atoms with van der Waals surface area (Å²) in [5.74, 6) is 1.26. The van der Waals surface area contributed by atoms with Gasteiger partial charge < -0.3 is 4.74 Å². The van der Waals surface area contributed by atoms with Crippen molar-refractivity contribution in [1.82, 2.24) is 4.98 Å². The van der Waals surface area contributed by atoms with E-state index in [1.165, 1.54) is 32.2 Å². The number of nitrogens with zero attached hydrogens (tertiary/aromatic N) is 1. The Kier molecular flexibility index (Phi) is 4.82. The van der Waals surface area contributed by atoms with Crippen molar-refractivity contribution >= 4 is 38.1 Å². The van der Waals surface area contributed by atoms with Gasteiger partial charge in [-0.05, 0) is 71.5 Å². The number of aryl methyl sites for hydroxylation is 2. The Hall–Kier alpha value is -3.17.